The quantitative estimate of drug-likeness (QED) is 0.154. The van der Waals surface area contributed by atoms with Crippen molar-refractivity contribution in [1.82, 2.24) is 0 Å². The summed E-state index contributed by atoms with van der Waals surface area (Å²) in [6.45, 7) is -0.0381. The number of benzene rings is 11. The minimum absolute atomic E-state index is 0.0191. The molecule has 0 radical (unpaired) electrons. The van der Waals surface area contributed by atoms with E-state index in [4.69, 9.17) is 9.47 Å². The standard InChI is InChI=1S/C62H38B2N2O2S2/c1-3-19-43(20-4-1)65-53-38-54-52(37-51(53)63-49-23-11-13-25-57(49)69-59-35-47(33-55(65)61(59)63)67-45-29-27-39-15-7-9-17-41(39)31-45)64-50-24-12-14-26-58(50)70-60-36-48(68-46-30-28-40-16-8-10-18-42(40)32-46)34-56(62(60)64)66(54)44-21-5-2-6-22-44/h1-38H. The van der Waals surface area contributed by atoms with Crippen molar-refractivity contribution in [3.05, 3.63) is 231 Å². The van der Waals surface area contributed by atoms with Crippen LogP contribution in [0.2, 0.25) is 0 Å². The average Bonchev–Trinajstić information content (AvgIpc) is 3.40. The van der Waals surface area contributed by atoms with Gasteiger partial charge in [0.15, 0.2) is 0 Å². The van der Waals surface area contributed by atoms with Crippen LogP contribution in [0.25, 0.3) is 21.5 Å². The molecule has 15 rings (SSSR count). The molecular formula is C62H38B2N2O2S2. The van der Waals surface area contributed by atoms with E-state index in [1.165, 1.54) is 63.1 Å². The van der Waals surface area contributed by atoms with Crippen molar-refractivity contribution < 1.29 is 9.47 Å². The van der Waals surface area contributed by atoms with Crippen LogP contribution in [0.4, 0.5) is 34.1 Å². The van der Waals surface area contributed by atoms with Gasteiger partial charge in [0.05, 0.1) is 0 Å². The van der Waals surface area contributed by atoms with E-state index in [1.54, 1.807) is 0 Å². The Morgan fingerprint density at radius 2 is 0.700 bits per heavy atom. The lowest BCUT2D eigenvalue weighted by Crippen LogP contribution is -2.64. The average molecular weight is 929 g/mol. The van der Waals surface area contributed by atoms with Crippen LogP contribution in [0.3, 0.4) is 0 Å². The molecule has 0 unspecified atom stereocenters. The van der Waals surface area contributed by atoms with E-state index in [0.29, 0.717) is 0 Å². The molecule has 0 aromatic heterocycles. The first kappa shape index (κ1) is 39.9. The lowest BCUT2D eigenvalue weighted by atomic mass is 9.31. The minimum atomic E-state index is -0.0191. The Bertz CT molecular complexity index is 3710. The fourth-order valence-corrected chi connectivity index (χ4v) is 13.8. The molecule has 0 N–H and O–H groups in total. The molecule has 11 aromatic carbocycles. The van der Waals surface area contributed by atoms with Crippen molar-refractivity contribution in [2.75, 3.05) is 9.80 Å². The van der Waals surface area contributed by atoms with Gasteiger partial charge in [0, 0.05) is 65.8 Å². The van der Waals surface area contributed by atoms with Crippen LogP contribution in [0, 0.1) is 0 Å². The van der Waals surface area contributed by atoms with Crippen molar-refractivity contribution in [2.45, 2.75) is 19.6 Å². The van der Waals surface area contributed by atoms with Crippen LogP contribution >= 0.6 is 23.5 Å². The van der Waals surface area contributed by atoms with Gasteiger partial charge in [0.1, 0.15) is 23.0 Å². The number of para-hydroxylation sites is 2. The van der Waals surface area contributed by atoms with Gasteiger partial charge in [-0.1, -0.05) is 174 Å². The first-order chi connectivity index (χ1) is 34.7. The molecule has 4 aliphatic rings. The van der Waals surface area contributed by atoms with Crippen molar-refractivity contribution in [3.8, 4) is 23.0 Å². The Balaban J connectivity index is 0.979. The molecule has 326 valence electrons. The number of nitrogens with zero attached hydrogens (tertiary/aromatic N) is 2. The van der Waals surface area contributed by atoms with Gasteiger partial charge in [-0.25, -0.2) is 0 Å². The number of ether oxygens (including phenoxy) is 2. The van der Waals surface area contributed by atoms with Crippen molar-refractivity contribution in [1.29, 1.82) is 0 Å². The fourth-order valence-electron chi connectivity index (χ4n) is 11.4. The molecule has 70 heavy (non-hydrogen) atoms. The third-order valence-corrected chi connectivity index (χ3v) is 16.7. The van der Waals surface area contributed by atoms with Gasteiger partial charge in [-0.05, 0) is 122 Å². The van der Waals surface area contributed by atoms with Gasteiger partial charge in [-0.3, -0.25) is 0 Å². The van der Waals surface area contributed by atoms with Gasteiger partial charge in [0.25, 0.3) is 0 Å². The molecule has 8 heteroatoms. The molecule has 0 atom stereocenters. The monoisotopic (exact) mass is 928 g/mol. The third kappa shape index (κ3) is 6.30. The smallest absolute Gasteiger partial charge is 0.249 e. The predicted octanol–water partition coefficient (Wildman–Crippen LogP) is 13.1. The molecule has 0 saturated carbocycles. The summed E-state index contributed by atoms with van der Waals surface area (Å²) in [5.41, 5.74) is 14.5. The zero-order valence-electron chi connectivity index (χ0n) is 37.6. The normalized spacial score (nSPS) is 13.5. The van der Waals surface area contributed by atoms with Crippen molar-refractivity contribution >= 4 is 125 Å². The van der Waals surface area contributed by atoms with Gasteiger partial charge < -0.3 is 19.3 Å². The zero-order valence-corrected chi connectivity index (χ0v) is 39.3. The molecule has 0 amide bonds. The number of fused-ring (bicyclic) bond motifs is 10. The first-order valence-electron chi connectivity index (χ1n) is 23.8. The van der Waals surface area contributed by atoms with Crippen LogP contribution < -0.4 is 52.1 Å². The molecule has 0 bridgehead atoms. The van der Waals surface area contributed by atoms with Gasteiger partial charge in [-0.2, -0.15) is 0 Å². The Hall–Kier alpha value is -8.03. The third-order valence-electron chi connectivity index (χ3n) is 14.4. The van der Waals surface area contributed by atoms with Crippen molar-refractivity contribution in [2.24, 2.45) is 0 Å². The molecule has 11 aromatic rings. The highest BCUT2D eigenvalue weighted by atomic mass is 32.2. The summed E-state index contributed by atoms with van der Waals surface area (Å²) in [4.78, 5) is 9.92. The maximum absolute atomic E-state index is 6.91. The van der Waals surface area contributed by atoms with Crippen LogP contribution in [0.1, 0.15) is 0 Å². The highest BCUT2D eigenvalue weighted by Gasteiger charge is 2.46. The second-order valence-corrected chi connectivity index (χ2v) is 20.6. The summed E-state index contributed by atoms with van der Waals surface area (Å²) in [5.74, 6) is 3.23. The van der Waals surface area contributed by atoms with Crippen LogP contribution in [0.15, 0.2) is 250 Å². The van der Waals surface area contributed by atoms with Gasteiger partial charge in [-0.15, -0.1) is 0 Å². The summed E-state index contributed by atoms with van der Waals surface area (Å²) in [6.07, 6.45) is 0. The molecule has 0 fully saturated rings. The SMILES string of the molecule is c1ccc(N2c3cc4c(cc3B3c5ccccc5Sc5cc(Oc6ccc7ccccc7c6)cc2c53)B2c3ccccc3Sc3cc(Oc5ccc6ccccc6c5)cc(c32)N4c2ccccc2)cc1. The second-order valence-electron chi connectivity index (χ2n) is 18.4. The maximum atomic E-state index is 6.91. The largest absolute Gasteiger partial charge is 0.457 e. The van der Waals surface area contributed by atoms with Gasteiger partial charge >= 0.3 is 0 Å². The van der Waals surface area contributed by atoms with E-state index in [0.717, 1.165) is 67.9 Å². The number of rotatable bonds is 6. The van der Waals surface area contributed by atoms with E-state index in [1.807, 2.05) is 23.5 Å². The molecular weight excluding hydrogens is 890 g/mol. The lowest BCUT2D eigenvalue weighted by molar-refractivity contribution is 0.482. The zero-order chi connectivity index (χ0) is 45.9. The van der Waals surface area contributed by atoms with E-state index < -0.39 is 0 Å². The molecule has 0 spiro atoms. The Morgan fingerprint density at radius 1 is 0.286 bits per heavy atom. The summed E-state index contributed by atoms with van der Waals surface area (Å²) < 4.78 is 13.8. The maximum Gasteiger partial charge on any atom is 0.249 e. The fraction of sp³-hybridized carbons (Fsp3) is 0. The van der Waals surface area contributed by atoms with Crippen LogP contribution in [0.5, 0.6) is 23.0 Å². The van der Waals surface area contributed by atoms with Crippen LogP contribution in [-0.2, 0) is 0 Å². The van der Waals surface area contributed by atoms with E-state index in [9.17, 15) is 0 Å². The van der Waals surface area contributed by atoms with E-state index in [-0.39, 0.29) is 13.4 Å². The molecule has 0 saturated heterocycles. The van der Waals surface area contributed by atoms with Gasteiger partial charge in [0.2, 0.25) is 13.4 Å². The lowest BCUT2D eigenvalue weighted by Gasteiger charge is -2.44. The first-order valence-corrected chi connectivity index (χ1v) is 25.4. The molecule has 4 aliphatic heterocycles. The highest BCUT2D eigenvalue weighted by Crippen LogP contribution is 2.49. The Labute approximate surface area is 415 Å². The van der Waals surface area contributed by atoms with E-state index >= 15 is 0 Å². The summed E-state index contributed by atoms with van der Waals surface area (Å²) in [6, 6.07) is 83.5. The molecule has 4 heterocycles. The van der Waals surface area contributed by atoms with E-state index in [2.05, 4.69) is 240 Å². The topological polar surface area (TPSA) is 24.9 Å². The second kappa shape index (κ2) is 15.8. The summed E-state index contributed by atoms with van der Waals surface area (Å²) >= 11 is 3.69. The summed E-state index contributed by atoms with van der Waals surface area (Å²) in [5, 5.41) is 4.67. The molecule has 4 nitrogen and oxygen atoms in total. The highest BCUT2D eigenvalue weighted by molar-refractivity contribution is 8.00. The Morgan fingerprint density at radius 3 is 1.17 bits per heavy atom. The number of hydrogen-bond acceptors (Lipinski definition) is 6. The summed E-state index contributed by atoms with van der Waals surface area (Å²) in [7, 11) is 0. The Kier molecular flexibility index (Phi) is 8.98. The molecule has 0 aliphatic carbocycles. The minimum Gasteiger partial charge on any atom is -0.457 e. The van der Waals surface area contributed by atoms with Crippen LogP contribution in [-0.4, -0.2) is 13.4 Å². The number of anilines is 6. The predicted molar refractivity (Wildman–Crippen MR) is 294 cm³/mol. The van der Waals surface area contributed by atoms with Crippen molar-refractivity contribution in [3.63, 3.8) is 0 Å². The number of hydrogen-bond donors (Lipinski definition) is 0.